The van der Waals surface area contributed by atoms with Crippen LogP contribution in [0.25, 0.3) is 0 Å². The van der Waals surface area contributed by atoms with E-state index >= 15 is 0 Å². The number of nitrogens with two attached hydrogens (primary N) is 1. The van der Waals surface area contributed by atoms with Gasteiger partial charge in [0.2, 0.25) is 0 Å². The molecule has 0 saturated carbocycles. The lowest BCUT2D eigenvalue weighted by molar-refractivity contribution is 0.104. The number of halogens is 1. The van der Waals surface area contributed by atoms with E-state index in [4.69, 9.17) is 10.5 Å². The van der Waals surface area contributed by atoms with E-state index in [2.05, 4.69) is 46.7 Å². The number of hydrogen-bond donors (Lipinski definition) is 1. The maximum absolute atomic E-state index is 5.93. The van der Waals surface area contributed by atoms with Crippen LogP contribution in [0.5, 0.6) is 0 Å². The molecule has 4 nitrogen and oxygen atoms in total. The summed E-state index contributed by atoms with van der Waals surface area (Å²) >= 11 is 3.47. The maximum atomic E-state index is 5.93. The number of nitrogens with zero attached hydrogens (tertiary/aromatic N) is 2. The van der Waals surface area contributed by atoms with E-state index in [9.17, 15) is 0 Å². The lowest BCUT2D eigenvalue weighted by atomic mass is 9.91. The maximum Gasteiger partial charge on any atom is 0.159 e. The van der Waals surface area contributed by atoms with Crippen LogP contribution in [-0.2, 0) is 10.2 Å². The van der Waals surface area contributed by atoms with Crippen molar-refractivity contribution in [2.45, 2.75) is 45.1 Å². The number of anilines is 1. The molecule has 0 bridgehead atoms. The molecule has 0 aromatic carbocycles. The second kappa shape index (κ2) is 4.53. The summed E-state index contributed by atoms with van der Waals surface area (Å²) in [5.74, 6) is 1.21. The van der Waals surface area contributed by atoms with Gasteiger partial charge in [-0.25, -0.2) is 9.97 Å². The van der Waals surface area contributed by atoms with Crippen LogP contribution in [0, 0.1) is 0 Å². The molecule has 1 aliphatic heterocycles. The molecule has 1 unspecified atom stereocenters. The van der Waals surface area contributed by atoms with E-state index in [0.29, 0.717) is 11.6 Å². The highest BCUT2D eigenvalue weighted by molar-refractivity contribution is 9.10. The molecule has 94 valence electrons. The summed E-state index contributed by atoms with van der Waals surface area (Å²) in [5, 5.41) is 0. The fourth-order valence-corrected chi connectivity index (χ4v) is 2.68. The van der Waals surface area contributed by atoms with Crippen molar-refractivity contribution in [1.82, 2.24) is 9.97 Å². The molecule has 0 aliphatic carbocycles. The Hall–Kier alpha value is -0.680. The Labute approximate surface area is 110 Å². The SMILES string of the molecule is CC(C)(C)c1nc(C2CCCO2)nc(N)c1Br. The highest BCUT2D eigenvalue weighted by Gasteiger charge is 2.26. The summed E-state index contributed by atoms with van der Waals surface area (Å²) in [6.45, 7) is 7.12. The van der Waals surface area contributed by atoms with Gasteiger partial charge in [-0.3, -0.25) is 0 Å². The van der Waals surface area contributed by atoms with Crippen LogP contribution in [0.1, 0.15) is 51.2 Å². The standard InChI is InChI=1S/C12H18BrN3O/c1-12(2,3)9-8(13)10(14)16-11(15-9)7-5-4-6-17-7/h7H,4-6H2,1-3H3,(H2,14,15,16). The molecule has 2 N–H and O–H groups in total. The second-order valence-corrected chi connectivity index (χ2v) is 6.17. The third-order valence-corrected chi connectivity index (χ3v) is 3.60. The zero-order chi connectivity index (χ0) is 12.6. The molecular formula is C12H18BrN3O. The summed E-state index contributed by atoms with van der Waals surface area (Å²) in [4.78, 5) is 8.95. The highest BCUT2D eigenvalue weighted by Crippen LogP contribution is 2.34. The predicted molar refractivity (Wildman–Crippen MR) is 70.8 cm³/mol. The molecule has 1 saturated heterocycles. The van der Waals surface area contributed by atoms with Gasteiger partial charge in [0.1, 0.15) is 11.9 Å². The van der Waals surface area contributed by atoms with Crippen molar-refractivity contribution in [3.05, 3.63) is 16.0 Å². The quantitative estimate of drug-likeness (QED) is 0.866. The van der Waals surface area contributed by atoms with Crippen LogP contribution in [0.4, 0.5) is 5.82 Å². The predicted octanol–water partition coefficient (Wildman–Crippen LogP) is 2.97. The Morgan fingerprint density at radius 3 is 2.59 bits per heavy atom. The van der Waals surface area contributed by atoms with E-state index in [1.165, 1.54) is 0 Å². The summed E-state index contributed by atoms with van der Waals surface area (Å²) < 4.78 is 6.40. The summed E-state index contributed by atoms with van der Waals surface area (Å²) in [5.41, 5.74) is 6.81. The molecule has 1 aliphatic rings. The van der Waals surface area contributed by atoms with E-state index in [1.54, 1.807) is 0 Å². The lowest BCUT2D eigenvalue weighted by Gasteiger charge is -2.22. The molecule has 17 heavy (non-hydrogen) atoms. The van der Waals surface area contributed by atoms with Crippen molar-refractivity contribution in [2.24, 2.45) is 0 Å². The number of ether oxygens (including phenoxy) is 1. The third kappa shape index (κ3) is 2.60. The summed E-state index contributed by atoms with van der Waals surface area (Å²) in [6, 6.07) is 0. The van der Waals surface area contributed by atoms with E-state index < -0.39 is 0 Å². The Balaban J connectivity index is 2.45. The van der Waals surface area contributed by atoms with Crippen molar-refractivity contribution < 1.29 is 4.74 Å². The third-order valence-electron chi connectivity index (χ3n) is 2.82. The number of hydrogen-bond acceptors (Lipinski definition) is 4. The van der Waals surface area contributed by atoms with Crippen molar-refractivity contribution >= 4 is 21.7 Å². The second-order valence-electron chi connectivity index (χ2n) is 5.38. The Morgan fingerprint density at radius 2 is 2.06 bits per heavy atom. The van der Waals surface area contributed by atoms with Gasteiger partial charge in [-0.15, -0.1) is 0 Å². The van der Waals surface area contributed by atoms with Crippen LogP contribution in [-0.4, -0.2) is 16.6 Å². The van der Waals surface area contributed by atoms with E-state index in [-0.39, 0.29) is 11.5 Å². The van der Waals surface area contributed by atoms with Crippen LogP contribution < -0.4 is 5.73 Å². The monoisotopic (exact) mass is 299 g/mol. The highest BCUT2D eigenvalue weighted by atomic mass is 79.9. The molecule has 5 heteroatoms. The topological polar surface area (TPSA) is 61.0 Å². The van der Waals surface area contributed by atoms with Crippen molar-refractivity contribution in [2.75, 3.05) is 12.3 Å². The summed E-state index contributed by atoms with van der Waals surface area (Å²) in [7, 11) is 0. The zero-order valence-corrected chi connectivity index (χ0v) is 12.0. The number of aromatic nitrogens is 2. The first-order valence-corrected chi connectivity index (χ1v) is 6.64. The van der Waals surface area contributed by atoms with Gasteiger partial charge < -0.3 is 10.5 Å². The van der Waals surface area contributed by atoms with Crippen LogP contribution in [0.2, 0.25) is 0 Å². The van der Waals surface area contributed by atoms with Crippen molar-refractivity contribution in [3.63, 3.8) is 0 Å². The van der Waals surface area contributed by atoms with Gasteiger partial charge in [-0.2, -0.15) is 0 Å². The normalized spacial score (nSPS) is 20.8. The molecule has 1 aromatic rings. The molecular weight excluding hydrogens is 282 g/mol. The zero-order valence-electron chi connectivity index (χ0n) is 10.5. The first-order chi connectivity index (χ1) is 7.89. The van der Waals surface area contributed by atoms with Crippen LogP contribution in [0.3, 0.4) is 0 Å². The van der Waals surface area contributed by atoms with Crippen molar-refractivity contribution in [3.8, 4) is 0 Å². The first kappa shape index (κ1) is 12.8. The Morgan fingerprint density at radius 1 is 1.35 bits per heavy atom. The lowest BCUT2D eigenvalue weighted by Crippen LogP contribution is -2.19. The Kier molecular flexibility index (Phi) is 3.41. The fourth-order valence-electron chi connectivity index (χ4n) is 1.90. The minimum Gasteiger partial charge on any atom is -0.383 e. The molecule has 0 amide bonds. The first-order valence-electron chi connectivity index (χ1n) is 5.84. The molecule has 2 heterocycles. The number of rotatable bonds is 1. The van der Waals surface area contributed by atoms with Gasteiger partial charge in [-0.05, 0) is 28.8 Å². The average Bonchev–Trinajstić information content (AvgIpc) is 2.73. The summed E-state index contributed by atoms with van der Waals surface area (Å²) in [6.07, 6.45) is 2.05. The fraction of sp³-hybridized carbons (Fsp3) is 0.667. The van der Waals surface area contributed by atoms with Gasteiger partial charge in [0.15, 0.2) is 5.82 Å². The molecule has 0 spiro atoms. The van der Waals surface area contributed by atoms with Gasteiger partial charge >= 0.3 is 0 Å². The smallest absolute Gasteiger partial charge is 0.159 e. The van der Waals surface area contributed by atoms with Gasteiger partial charge in [0.25, 0.3) is 0 Å². The van der Waals surface area contributed by atoms with E-state index in [0.717, 1.165) is 29.6 Å². The Bertz CT molecular complexity index is 422. The van der Waals surface area contributed by atoms with Gasteiger partial charge in [0.05, 0.1) is 10.2 Å². The van der Waals surface area contributed by atoms with Crippen molar-refractivity contribution in [1.29, 1.82) is 0 Å². The van der Waals surface area contributed by atoms with Crippen LogP contribution >= 0.6 is 15.9 Å². The molecule has 0 radical (unpaired) electrons. The largest absolute Gasteiger partial charge is 0.383 e. The molecule has 2 rings (SSSR count). The molecule has 1 aromatic heterocycles. The molecule has 1 atom stereocenters. The van der Waals surface area contributed by atoms with E-state index in [1.807, 2.05) is 0 Å². The van der Waals surface area contributed by atoms with Gasteiger partial charge in [0, 0.05) is 12.0 Å². The number of nitrogen functional groups attached to an aromatic ring is 1. The minimum absolute atomic E-state index is 0.00602. The van der Waals surface area contributed by atoms with Crippen LogP contribution in [0.15, 0.2) is 4.47 Å². The minimum atomic E-state index is -0.0662. The molecule has 1 fully saturated rings. The van der Waals surface area contributed by atoms with Gasteiger partial charge in [-0.1, -0.05) is 20.8 Å². The average molecular weight is 300 g/mol.